The van der Waals surface area contributed by atoms with Gasteiger partial charge in [0.2, 0.25) is 5.91 Å². The van der Waals surface area contributed by atoms with Crippen LogP contribution in [0.5, 0.6) is 0 Å². The molecule has 1 atom stereocenters. The fourth-order valence-electron chi connectivity index (χ4n) is 2.40. The second-order valence-corrected chi connectivity index (χ2v) is 5.22. The van der Waals surface area contributed by atoms with Crippen molar-refractivity contribution >= 4 is 17.7 Å². The van der Waals surface area contributed by atoms with E-state index in [1.54, 1.807) is 18.2 Å². The number of carbonyl (C=O) groups excluding carboxylic acids is 1. The molecule has 5 nitrogen and oxygen atoms in total. The molecule has 1 fully saturated rings. The van der Waals surface area contributed by atoms with Crippen LogP contribution in [0.25, 0.3) is 6.08 Å². The highest BCUT2D eigenvalue weighted by molar-refractivity contribution is 5.91. The van der Waals surface area contributed by atoms with Gasteiger partial charge in [-0.3, -0.25) is 14.9 Å². The van der Waals surface area contributed by atoms with Crippen molar-refractivity contribution in [2.75, 3.05) is 13.1 Å². The molecule has 1 heterocycles. The van der Waals surface area contributed by atoms with E-state index in [4.69, 9.17) is 0 Å². The molecule has 0 bridgehead atoms. The normalized spacial score (nSPS) is 19.2. The lowest BCUT2D eigenvalue weighted by atomic mass is 10.0. The number of amides is 1. The third-order valence-corrected chi connectivity index (χ3v) is 3.47. The summed E-state index contributed by atoms with van der Waals surface area (Å²) in [5.74, 6) is 0.516. The highest BCUT2D eigenvalue weighted by atomic mass is 16.6. The van der Waals surface area contributed by atoms with E-state index < -0.39 is 4.92 Å². The number of carbonyl (C=O) groups is 1. The van der Waals surface area contributed by atoms with E-state index in [1.165, 1.54) is 24.6 Å². The van der Waals surface area contributed by atoms with Crippen molar-refractivity contribution in [1.29, 1.82) is 0 Å². The Morgan fingerprint density at radius 1 is 1.50 bits per heavy atom. The van der Waals surface area contributed by atoms with Gasteiger partial charge in [0.05, 0.1) is 4.92 Å². The first-order valence-corrected chi connectivity index (χ1v) is 6.77. The van der Waals surface area contributed by atoms with E-state index in [9.17, 15) is 14.9 Å². The molecule has 1 amide bonds. The van der Waals surface area contributed by atoms with Crippen LogP contribution in [0.15, 0.2) is 30.3 Å². The van der Waals surface area contributed by atoms with E-state index in [0.29, 0.717) is 11.5 Å². The maximum Gasteiger partial charge on any atom is 0.270 e. The smallest absolute Gasteiger partial charge is 0.270 e. The van der Waals surface area contributed by atoms with Gasteiger partial charge in [-0.2, -0.15) is 0 Å². The zero-order chi connectivity index (χ0) is 14.5. The summed E-state index contributed by atoms with van der Waals surface area (Å²) in [6.45, 7) is 3.73. The minimum absolute atomic E-state index is 0.0249. The molecular weight excluding hydrogens is 256 g/mol. The molecule has 1 aliphatic heterocycles. The number of hydrogen-bond donors (Lipinski definition) is 0. The van der Waals surface area contributed by atoms with Gasteiger partial charge in [0, 0.05) is 31.3 Å². The van der Waals surface area contributed by atoms with Crippen molar-refractivity contribution in [2.24, 2.45) is 5.92 Å². The zero-order valence-corrected chi connectivity index (χ0v) is 11.5. The summed E-state index contributed by atoms with van der Waals surface area (Å²) in [6.07, 6.45) is 5.33. The van der Waals surface area contributed by atoms with Gasteiger partial charge in [-0.15, -0.1) is 0 Å². The second kappa shape index (κ2) is 6.32. The molecule has 0 radical (unpaired) electrons. The van der Waals surface area contributed by atoms with Crippen LogP contribution in [-0.4, -0.2) is 28.8 Å². The summed E-state index contributed by atoms with van der Waals surface area (Å²) < 4.78 is 0. The van der Waals surface area contributed by atoms with Gasteiger partial charge in [0.15, 0.2) is 0 Å². The SMILES string of the molecule is CC1CCCN(C(=O)C=Cc2cccc([N+](=O)[O-])c2)C1. The largest absolute Gasteiger partial charge is 0.339 e. The Labute approximate surface area is 118 Å². The summed E-state index contributed by atoms with van der Waals surface area (Å²) in [5.41, 5.74) is 0.698. The molecule has 1 aromatic carbocycles. The van der Waals surface area contributed by atoms with Crippen molar-refractivity contribution in [3.8, 4) is 0 Å². The lowest BCUT2D eigenvalue weighted by molar-refractivity contribution is -0.384. The Morgan fingerprint density at radius 3 is 3.00 bits per heavy atom. The van der Waals surface area contributed by atoms with E-state index in [1.807, 2.05) is 4.90 Å². The van der Waals surface area contributed by atoms with Gasteiger partial charge in [0.25, 0.3) is 5.69 Å². The van der Waals surface area contributed by atoms with Crippen molar-refractivity contribution in [2.45, 2.75) is 19.8 Å². The summed E-state index contributed by atoms with van der Waals surface area (Å²) >= 11 is 0. The lowest BCUT2D eigenvalue weighted by Gasteiger charge is -2.30. The average molecular weight is 274 g/mol. The molecule has 20 heavy (non-hydrogen) atoms. The number of non-ortho nitro benzene ring substituents is 1. The maximum absolute atomic E-state index is 12.0. The number of nitro groups is 1. The summed E-state index contributed by atoms with van der Waals surface area (Å²) in [5, 5.41) is 10.7. The van der Waals surface area contributed by atoms with E-state index in [-0.39, 0.29) is 11.6 Å². The standard InChI is InChI=1S/C15H18N2O3/c1-12-4-3-9-16(11-12)15(18)8-7-13-5-2-6-14(10-13)17(19)20/h2,5-8,10,12H,3-4,9,11H2,1H3. The average Bonchev–Trinajstić information content (AvgIpc) is 2.45. The van der Waals surface area contributed by atoms with Gasteiger partial charge < -0.3 is 4.90 Å². The van der Waals surface area contributed by atoms with Crippen LogP contribution >= 0.6 is 0 Å². The highest BCUT2D eigenvalue weighted by Crippen LogP contribution is 2.17. The van der Waals surface area contributed by atoms with E-state index >= 15 is 0 Å². The van der Waals surface area contributed by atoms with Crippen molar-refractivity contribution in [1.82, 2.24) is 4.90 Å². The lowest BCUT2D eigenvalue weighted by Crippen LogP contribution is -2.38. The number of rotatable bonds is 3. The van der Waals surface area contributed by atoms with Crippen molar-refractivity contribution in [3.05, 3.63) is 46.0 Å². The van der Waals surface area contributed by atoms with Crippen LogP contribution in [0.3, 0.4) is 0 Å². The number of nitrogens with zero attached hydrogens (tertiary/aromatic N) is 2. The highest BCUT2D eigenvalue weighted by Gasteiger charge is 2.18. The quantitative estimate of drug-likeness (QED) is 0.483. The van der Waals surface area contributed by atoms with Crippen LogP contribution in [0.4, 0.5) is 5.69 Å². The predicted molar refractivity (Wildman–Crippen MR) is 77.1 cm³/mol. The minimum atomic E-state index is -0.439. The van der Waals surface area contributed by atoms with Gasteiger partial charge >= 0.3 is 0 Å². The number of likely N-dealkylation sites (tertiary alicyclic amines) is 1. The first kappa shape index (κ1) is 14.2. The van der Waals surface area contributed by atoms with E-state index in [0.717, 1.165) is 19.5 Å². The van der Waals surface area contributed by atoms with Gasteiger partial charge in [-0.25, -0.2) is 0 Å². The fraction of sp³-hybridized carbons (Fsp3) is 0.400. The first-order chi connectivity index (χ1) is 9.56. The molecule has 1 saturated heterocycles. The topological polar surface area (TPSA) is 63.5 Å². The molecular formula is C15H18N2O3. The first-order valence-electron chi connectivity index (χ1n) is 6.77. The molecule has 2 rings (SSSR count). The number of benzene rings is 1. The van der Waals surface area contributed by atoms with Gasteiger partial charge in [-0.1, -0.05) is 19.1 Å². The number of nitro benzene ring substituents is 1. The number of hydrogen-bond acceptors (Lipinski definition) is 3. The molecule has 1 unspecified atom stereocenters. The Hall–Kier alpha value is -2.17. The van der Waals surface area contributed by atoms with Crippen LogP contribution in [0.1, 0.15) is 25.3 Å². The van der Waals surface area contributed by atoms with E-state index in [2.05, 4.69) is 6.92 Å². The molecule has 0 aromatic heterocycles. The van der Waals surface area contributed by atoms with Crippen molar-refractivity contribution in [3.63, 3.8) is 0 Å². The van der Waals surface area contributed by atoms with Gasteiger partial charge in [-0.05, 0) is 30.4 Å². The van der Waals surface area contributed by atoms with Crippen LogP contribution in [-0.2, 0) is 4.79 Å². The van der Waals surface area contributed by atoms with Crippen molar-refractivity contribution < 1.29 is 9.72 Å². The van der Waals surface area contributed by atoms with Crippen LogP contribution in [0, 0.1) is 16.0 Å². The molecule has 5 heteroatoms. The molecule has 0 aliphatic carbocycles. The number of piperidine rings is 1. The molecule has 0 spiro atoms. The van der Waals surface area contributed by atoms with Crippen LogP contribution < -0.4 is 0 Å². The third kappa shape index (κ3) is 3.66. The minimum Gasteiger partial charge on any atom is -0.339 e. The molecule has 106 valence electrons. The Bertz CT molecular complexity index is 540. The molecule has 1 aromatic rings. The van der Waals surface area contributed by atoms with Crippen LogP contribution in [0.2, 0.25) is 0 Å². The Morgan fingerprint density at radius 2 is 2.30 bits per heavy atom. The summed E-state index contributed by atoms with van der Waals surface area (Å²) in [6, 6.07) is 6.26. The van der Waals surface area contributed by atoms with Gasteiger partial charge in [0.1, 0.15) is 0 Å². The molecule has 0 N–H and O–H groups in total. The Kier molecular flexibility index (Phi) is 4.50. The molecule has 0 saturated carbocycles. The maximum atomic E-state index is 12.0. The third-order valence-electron chi connectivity index (χ3n) is 3.47. The second-order valence-electron chi connectivity index (χ2n) is 5.22. The molecule has 1 aliphatic rings. The zero-order valence-electron chi connectivity index (χ0n) is 11.5. The summed E-state index contributed by atoms with van der Waals surface area (Å²) in [7, 11) is 0. The predicted octanol–water partition coefficient (Wildman–Crippen LogP) is 2.87. The Balaban J connectivity index is 2.03. The fourth-order valence-corrected chi connectivity index (χ4v) is 2.40. The monoisotopic (exact) mass is 274 g/mol. The summed E-state index contributed by atoms with van der Waals surface area (Å²) in [4.78, 5) is 24.1.